The number of thiazole rings is 1. The van der Waals surface area contributed by atoms with Gasteiger partial charge < -0.3 is 9.88 Å². The minimum atomic E-state index is -0.0630. The highest BCUT2D eigenvalue weighted by Gasteiger charge is 2.12. The summed E-state index contributed by atoms with van der Waals surface area (Å²) in [6.07, 6.45) is 2.93. The van der Waals surface area contributed by atoms with Crippen molar-refractivity contribution in [2.75, 3.05) is 0 Å². The van der Waals surface area contributed by atoms with E-state index in [1.54, 1.807) is 11.3 Å². The molecule has 0 saturated carbocycles. The molecule has 19 heavy (non-hydrogen) atoms. The number of hydrogen-bond donors (Lipinski definition) is 1. The average Bonchev–Trinajstić information content (AvgIpc) is 2.93. The molecule has 0 aliphatic heterocycles. The lowest BCUT2D eigenvalue weighted by atomic mass is 10.3. The molecule has 2 rings (SSSR count). The number of carbonyl (C=O) groups is 1. The van der Waals surface area contributed by atoms with E-state index >= 15 is 0 Å². The molecule has 0 aromatic carbocycles. The van der Waals surface area contributed by atoms with E-state index < -0.39 is 0 Å². The minimum absolute atomic E-state index is 0.0630. The summed E-state index contributed by atoms with van der Waals surface area (Å²) in [5, 5.41) is 5.82. The molecule has 0 atom stereocenters. The topological polar surface area (TPSA) is 46.9 Å². The van der Waals surface area contributed by atoms with Crippen LogP contribution in [0.2, 0.25) is 0 Å². The fraction of sp³-hybridized carbons (Fsp3) is 0.385. The number of carbonyl (C=O) groups excluding carboxylic acids is 1. The van der Waals surface area contributed by atoms with Crippen molar-refractivity contribution < 1.29 is 4.79 Å². The van der Waals surface area contributed by atoms with Crippen LogP contribution in [0.5, 0.6) is 0 Å². The number of amides is 1. The lowest BCUT2D eigenvalue weighted by Crippen LogP contribution is -2.25. The summed E-state index contributed by atoms with van der Waals surface area (Å²) >= 11 is 4.97. The van der Waals surface area contributed by atoms with Crippen LogP contribution in [0.25, 0.3) is 0 Å². The Morgan fingerprint density at radius 3 is 3.00 bits per heavy atom. The fourth-order valence-electron chi connectivity index (χ4n) is 1.82. The standard InChI is InChI=1S/C13H16BrN3OS/c1-3-4-17-7-10(14)5-11(17)13(18)15-6-12-16-9(2)8-19-12/h5,7-8H,3-4,6H2,1-2H3,(H,15,18). The van der Waals surface area contributed by atoms with Gasteiger partial charge in [0.2, 0.25) is 0 Å². The summed E-state index contributed by atoms with van der Waals surface area (Å²) in [6, 6.07) is 1.85. The molecular weight excluding hydrogens is 326 g/mol. The smallest absolute Gasteiger partial charge is 0.268 e. The summed E-state index contributed by atoms with van der Waals surface area (Å²) in [6.45, 7) is 5.36. The van der Waals surface area contributed by atoms with E-state index in [4.69, 9.17) is 0 Å². The van der Waals surface area contributed by atoms with Crippen LogP contribution >= 0.6 is 27.3 Å². The van der Waals surface area contributed by atoms with Gasteiger partial charge in [0.15, 0.2) is 0 Å². The Morgan fingerprint density at radius 1 is 1.58 bits per heavy atom. The van der Waals surface area contributed by atoms with E-state index in [9.17, 15) is 4.79 Å². The first kappa shape index (κ1) is 14.3. The summed E-state index contributed by atoms with van der Waals surface area (Å²) < 4.78 is 2.89. The molecule has 2 heterocycles. The molecule has 2 aromatic rings. The predicted octanol–water partition coefficient (Wildman–Crippen LogP) is 3.36. The maximum atomic E-state index is 12.2. The zero-order valence-corrected chi connectivity index (χ0v) is 13.3. The Balaban J connectivity index is 2.03. The largest absolute Gasteiger partial charge is 0.344 e. The van der Waals surface area contributed by atoms with Crippen LogP contribution < -0.4 is 5.32 Å². The maximum absolute atomic E-state index is 12.2. The normalized spacial score (nSPS) is 10.7. The van der Waals surface area contributed by atoms with Crippen molar-refractivity contribution in [1.29, 1.82) is 0 Å². The van der Waals surface area contributed by atoms with Gasteiger partial charge in [0, 0.05) is 28.3 Å². The molecule has 0 unspecified atom stereocenters. The van der Waals surface area contributed by atoms with E-state index in [1.165, 1.54) is 0 Å². The van der Waals surface area contributed by atoms with Gasteiger partial charge in [-0.3, -0.25) is 4.79 Å². The molecule has 6 heteroatoms. The number of nitrogens with zero attached hydrogens (tertiary/aromatic N) is 2. The van der Waals surface area contributed by atoms with Gasteiger partial charge in [-0.05, 0) is 35.3 Å². The van der Waals surface area contributed by atoms with Crippen molar-refractivity contribution in [3.63, 3.8) is 0 Å². The first-order valence-electron chi connectivity index (χ1n) is 6.15. The monoisotopic (exact) mass is 341 g/mol. The van der Waals surface area contributed by atoms with Crippen LogP contribution in [0, 0.1) is 6.92 Å². The molecule has 0 aliphatic rings. The molecule has 0 fully saturated rings. The lowest BCUT2D eigenvalue weighted by Gasteiger charge is -2.07. The molecule has 0 spiro atoms. The Hall–Kier alpha value is -1.14. The number of halogens is 1. The van der Waals surface area contributed by atoms with Crippen molar-refractivity contribution in [2.24, 2.45) is 0 Å². The van der Waals surface area contributed by atoms with Gasteiger partial charge in [-0.25, -0.2) is 4.98 Å². The number of aryl methyl sites for hydroxylation is 2. The maximum Gasteiger partial charge on any atom is 0.268 e. The van der Waals surface area contributed by atoms with Crippen molar-refractivity contribution in [2.45, 2.75) is 33.4 Å². The number of aromatic nitrogens is 2. The predicted molar refractivity (Wildman–Crippen MR) is 80.4 cm³/mol. The van der Waals surface area contributed by atoms with Gasteiger partial charge in [0.05, 0.1) is 6.54 Å². The molecule has 2 aromatic heterocycles. The summed E-state index contributed by atoms with van der Waals surface area (Å²) in [5.41, 5.74) is 1.67. The van der Waals surface area contributed by atoms with Crippen LogP contribution in [0.15, 0.2) is 22.1 Å². The molecule has 0 bridgehead atoms. The molecule has 1 amide bonds. The quantitative estimate of drug-likeness (QED) is 0.906. The van der Waals surface area contributed by atoms with E-state index in [-0.39, 0.29) is 5.91 Å². The van der Waals surface area contributed by atoms with Crippen LogP contribution in [-0.2, 0) is 13.1 Å². The third kappa shape index (κ3) is 3.67. The van der Waals surface area contributed by atoms with Crippen LogP contribution in [0.1, 0.15) is 34.5 Å². The zero-order chi connectivity index (χ0) is 13.8. The van der Waals surface area contributed by atoms with Crippen LogP contribution in [-0.4, -0.2) is 15.5 Å². The molecule has 4 nitrogen and oxygen atoms in total. The van der Waals surface area contributed by atoms with Gasteiger partial charge in [0.1, 0.15) is 10.7 Å². The molecule has 1 N–H and O–H groups in total. The van der Waals surface area contributed by atoms with E-state index in [0.29, 0.717) is 12.2 Å². The fourth-order valence-corrected chi connectivity index (χ4v) is 3.00. The molecule has 0 radical (unpaired) electrons. The first-order chi connectivity index (χ1) is 9.10. The molecule has 0 aliphatic carbocycles. The van der Waals surface area contributed by atoms with Gasteiger partial charge in [-0.15, -0.1) is 11.3 Å². The lowest BCUT2D eigenvalue weighted by molar-refractivity contribution is 0.0941. The molecule has 102 valence electrons. The van der Waals surface area contributed by atoms with Crippen molar-refractivity contribution in [1.82, 2.24) is 14.9 Å². The second-order valence-electron chi connectivity index (χ2n) is 4.30. The average molecular weight is 342 g/mol. The minimum Gasteiger partial charge on any atom is -0.344 e. The highest BCUT2D eigenvalue weighted by atomic mass is 79.9. The third-order valence-corrected chi connectivity index (χ3v) is 4.03. The number of rotatable bonds is 5. The number of hydrogen-bond acceptors (Lipinski definition) is 3. The van der Waals surface area contributed by atoms with Gasteiger partial charge in [-0.2, -0.15) is 0 Å². The Kier molecular flexibility index (Phi) is 4.76. The highest BCUT2D eigenvalue weighted by molar-refractivity contribution is 9.10. The van der Waals surface area contributed by atoms with Crippen molar-refractivity contribution in [3.05, 3.63) is 38.5 Å². The van der Waals surface area contributed by atoms with Crippen LogP contribution in [0.4, 0.5) is 0 Å². The molecular formula is C13H16BrN3OS. The van der Waals surface area contributed by atoms with Gasteiger partial charge in [-0.1, -0.05) is 6.92 Å². The second kappa shape index (κ2) is 6.34. The SMILES string of the molecule is CCCn1cc(Br)cc1C(=O)NCc1nc(C)cs1. The zero-order valence-electron chi connectivity index (χ0n) is 10.9. The van der Waals surface area contributed by atoms with Crippen LogP contribution in [0.3, 0.4) is 0 Å². The number of nitrogens with one attached hydrogen (secondary N) is 1. The van der Waals surface area contributed by atoms with Crippen molar-refractivity contribution in [3.8, 4) is 0 Å². The van der Waals surface area contributed by atoms with Gasteiger partial charge >= 0.3 is 0 Å². The van der Waals surface area contributed by atoms with E-state index in [2.05, 4.69) is 33.2 Å². The Morgan fingerprint density at radius 2 is 2.37 bits per heavy atom. The Bertz CT molecular complexity index is 576. The summed E-state index contributed by atoms with van der Waals surface area (Å²) in [4.78, 5) is 16.5. The highest BCUT2D eigenvalue weighted by Crippen LogP contribution is 2.16. The summed E-state index contributed by atoms with van der Waals surface area (Å²) in [5.74, 6) is -0.0630. The first-order valence-corrected chi connectivity index (χ1v) is 7.82. The van der Waals surface area contributed by atoms with E-state index in [0.717, 1.165) is 28.1 Å². The Labute approximate surface area is 125 Å². The second-order valence-corrected chi connectivity index (χ2v) is 6.16. The van der Waals surface area contributed by atoms with Gasteiger partial charge in [0.25, 0.3) is 5.91 Å². The van der Waals surface area contributed by atoms with E-state index in [1.807, 2.05) is 29.1 Å². The molecule has 0 saturated heterocycles. The van der Waals surface area contributed by atoms with Crippen molar-refractivity contribution >= 4 is 33.2 Å². The third-order valence-electron chi connectivity index (χ3n) is 2.63. The summed E-state index contributed by atoms with van der Waals surface area (Å²) in [7, 11) is 0.